The molecule has 0 amide bonds. The molecule has 0 bridgehead atoms. The Balaban J connectivity index is 2.22. The van der Waals surface area contributed by atoms with E-state index in [1.54, 1.807) is 7.05 Å². The Morgan fingerprint density at radius 1 is 1.40 bits per heavy atom. The van der Waals surface area contributed by atoms with E-state index in [1.165, 1.54) is 18.2 Å². The monoisotopic (exact) mass is 299 g/mol. The fraction of sp³-hybridized carbons (Fsp3) is 0.500. The Morgan fingerprint density at radius 3 is 2.65 bits per heavy atom. The third-order valence-corrected chi connectivity index (χ3v) is 4.78. The van der Waals surface area contributed by atoms with Gasteiger partial charge in [0.05, 0.1) is 4.92 Å². The van der Waals surface area contributed by atoms with Gasteiger partial charge in [0.1, 0.15) is 0 Å². The summed E-state index contributed by atoms with van der Waals surface area (Å²) in [6.07, 6.45) is 3.05. The maximum Gasteiger partial charge on any atom is 0.291 e. The summed E-state index contributed by atoms with van der Waals surface area (Å²) in [5.41, 5.74) is 0.0735. The van der Waals surface area contributed by atoms with Gasteiger partial charge in [0.2, 0.25) is 10.0 Å². The number of rotatable bonds is 7. The first kappa shape index (κ1) is 14.7. The summed E-state index contributed by atoms with van der Waals surface area (Å²) in [7, 11) is -2.24. The van der Waals surface area contributed by atoms with Crippen molar-refractivity contribution in [2.45, 2.75) is 24.2 Å². The van der Waals surface area contributed by atoms with E-state index < -0.39 is 20.6 Å². The van der Waals surface area contributed by atoms with Gasteiger partial charge in [-0.3, -0.25) is 10.1 Å². The molecule has 2 rings (SSSR count). The van der Waals surface area contributed by atoms with E-state index in [2.05, 4.69) is 10.0 Å². The first-order valence-corrected chi connectivity index (χ1v) is 7.88. The van der Waals surface area contributed by atoms with Crippen LogP contribution in [0.15, 0.2) is 23.1 Å². The van der Waals surface area contributed by atoms with Crippen molar-refractivity contribution in [3.63, 3.8) is 0 Å². The van der Waals surface area contributed by atoms with Crippen molar-refractivity contribution < 1.29 is 13.3 Å². The minimum atomic E-state index is -3.85. The summed E-state index contributed by atoms with van der Waals surface area (Å²) in [6.45, 7) is 0.317. The highest BCUT2D eigenvalue weighted by atomic mass is 32.2. The first-order chi connectivity index (χ1) is 9.44. The van der Waals surface area contributed by atoms with E-state index in [1.807, 2.05) is 0 Å². The SMILES string of the molecule is CNc1ccc(S(=O)(=O)NCCC2CC2)c([N+](=O)[O-])c1. The molecule has 1 aromatic carbocycles. The Kier molecular flexibility index (Phi) is 4.24. The highest BCUT2D eigenvalue weighted by Gasteiger charge is 2.27. The lowest BCUT2D eigenvalue weighted by atomic mass is 10.3. The second-order valence-corrected chi connectivity index (χ2v) is 6.55. The molecule has 1 fully saturated rings. The second kappa shape index (κ2) is 5.76. The largest absolute Gasteiger partial charge is 0.388 e. The summed E-state index contributed by atoms with van der Waals surface area (Å²) < 4.78 is 26.7. The van der Waals surface area contributed by atoms with E-state index in [-0.39, 0.29) is 4.90 Å². The molecule has 0 spiro atoms. The zero-order chi connectivity index (χ0) is 14.8. The van der Waals surface area contributed by atoms with Crippen molar-refractivity contribution in [3.05, 3.63) is 28.3 Å². The van der Waals surface area contributed by atoms with Crippen LogP contribution in [0.5, 0.6) is 0 Å². The summed E-state index contributed by atoms with van der Waals surface area (Å²) in [6, 6.07) is 3.97. The molecule has 7 nitrogen and oxygen atoms in total. The number of benzene rings is 1. The van der Waals surface area contributed by atoms with E-state index in [0.29, 0.717) is 18.2 Å². The Hall–Kier alpha value is -1.67. The van der Waals surface area contributed by atoms with Gasteiger partial charge in [0.15, 0.2) is 4.90 Å². The lowest BCUT2D eigenvalue weighted by molar-refractivity contribution is -0.387. The molecule has 8 heteroatoms. The molecule has 0 heterocycles. The average Bonchev–Trinajstić information content (AvgIpc) is 3.21. The third-order valence-electron chi connectivity index (χ3n) is 3.28. The first-order valence-electron chi connectivity index (χ1n) is 6.40. The number of hydrogen-bond acceptors (Lipinski definition) is 5. The van der Waals surface area contributed by atoms with Crippen molar-refractivity contribution in [2.75, 3.05) is 18.9 Å². The lowest BCUT2D eigenvalue weighted by Gasteiger charge is -2.08. The third kappa shape index (κ3) is 3.45. The van der Waals surface area contributed by atoms with Crippen molar-refractivity contribution >= 4 is 21.4 Å². The number of nitro benzene ring substituents is 1. The number of nitrogens with one attached hydrogen (secondary N) is 2. The molecule has 2 N–H and O–H groups in total. The summed E-state index contributed by atoms with van der Waals surface area (Å²) in [5, 5.41) is 13.8. The maximum absolute atomic E-state index is 12.1. The molecule has 0 atom stereocenters. The van der Waals surface area contributed by atoms with Gasteiger partial charge in [-0.05, 0) is 24.5 Å². The quantitative estimate of drug-likeness (QED) is 0.589. The van der Waals surface area contributed by atoms with Gasteiger partial charge in [0, 0.05) is 25.3 Å². The molecule has 0 saturated heterocycles. The van der Waals surface area contributed by atoms with Crippen molar-refractivity contribution in [2.24, 2.45) is 5.92 Å². The number of nitro groups is 1. The van der Waals surface area contributed by atoms with Crippen molar-refractivity contribution in [1.29, 1.82) is 0 Å². The highest BCUT2D eigenvalue weighted by Crippen LogP contribution is 2.32. The summed E-state index contributed by atoms with van der Waals surface area (Å²) in [5.74, 6) is 0.597. The van der Waals surface area contributed by atoms with Crippen LogP contribution < -0.4 is 10.0 Å². The van der Waals surface area contributed by atoms with Crippen LogP contribution in [-0.2, 0) is 10.0 Å². The number of anilines is 1. The molecule has 1 saturated carbocycles. The normalized spacial score (nSPS) is 15.1. The molecule has 0 unspecified atom stereocenters. The van der Waals surface area contributed by atoms with Gasteiger partial charge in [-0.2, -0.15) is 0 Å². The van der Waals surface area contributed by atoms with Gasteiger partial charge < -0.3 is 5.32 Å². The lowest BCUT2D eigenvalue weighted by Crippen LogP contribution is -2.25. The maximum atomic E-state index is 12.1. The van der Waals surface area contributed by atoms with E-state index >= 15 is 0 Å². The fourth-order valence-corrected chi connectivity index (χ4v) is 3.12. The van der Waals surface area contributed by atoms with Crippen LogP contribution in [0.2, 0.25) is 0 Å². The van der Waals surface area contributed by atoms with Crippen LogP contribution in [0.25, 0.3) is 0 Å². The van der Waals surface area contributed by atoms with E-state index in [0.717, 1.165) is 19.3 Å². The number of nitrogens with zero attached hydrogens (tertiary/aromatic N) is 1. The van der Waals surface area contributed by atoms with Crippen LogP contribution >= 0.6 is 0 Å². The predicted molar refractivity (Wildman–Crippen MR) is 75.2 cm³/mol. The van der Waals surface area contributed by atoms with Gasteiger partial charge in [-0.25, -0.2) is 13.1 Å². The minimum absolute atomic E-state index is 0.294. The Labute approximate surface area is 117 Å². The summed E-state index contributed by atoms with van der Waals surface area (Å²) >= 11 is 0. The van der Waals surface area contributed by atoms with Crippen LogP contribution in [0.4, 0.5) is 11.4 Å². The Morgan fingerprint density at radius 2 is 2.10 bits per heavy atom. The molecule has 110 valence electrons. The van der Waals surface area contributed by atoms with Crippen LogP contribution in [0.1, 0.15) is 19.3 Å². The summed E-state index contributed by atoms with van der Waals surface area (Å²) in [4.78, 5) is 10.0. The van der Waals surface area contributed by atoms with Crippen molar-refractivity contribution in [3.8, 4) is 0 Å². The van der Waals surface area contributed by atoms with Crippen LogP contribution in [0.3, 0.4) is 0 Å². The van der Waals surface area contributed by atoms with Crippen LogP contribution in [0, 0.1) is 16.0 Å². The van der Waals surface area contributed by atoms with Crippen molar-refractivity contribution in [1.82, 2.24) is 4.72 Å². The molecule has 1 aliphatic carbocycles. The van der Waals surface area contributed by atoms with Gasteiger partial charge in [-0.15, -0.1) is 0 Å². The molecule has 1 aromatic rings. The standard InChI is InChI=1S/C12H17N3O4S/c1-13-10-4-5-12(11(8-10)15(16)17)20(18,19)14-7-6-9-2-3-9/h4-5,8-9,13-14H,2-3,6-7H2,1H3. The molecule has 1 aliphatic rings. The predicted octanol–water partition coefficient (Wildman–Crippen LogP) is 1.71. The molecular weight excluding hydrogens is 282 g/mol. The average molecular weight is 299 g/mol. The number of sulfonamides is 1. The molecule has 20 heavy (non-hydrogen) atoms. The topological polar surface area (TPSA) is 101 Å². The molecular formula is C12H17N3O4S. The zero-order valence-corrected chi connectivity index (χ0v) is 11.9. The fourth-order valence-electron chi connectivity index (χ4n) is 1.92. The minimum Gasteiger partial charge on any atom is -0.388 e. The van der Waals surface area contributed by atoms with Gasteiger partial charge in [0.25, 0.3) is 5.69 Å². The van der Waals surface area contributed by atoms with E-state index in [4.69, 9.17) is 0 Å². The smallest absolute Gasteiger partial charge is 0.291 e. The van der Waals surface area contributed by atoms with E-state index in [9.17, 15) is 18.5 Å². The zero-order valence-electron chi connectivity index (χ0n) is 11.1. The number of hydrogen-bond donors (Lipinski definition) is 2. The van der Waals surface area contributed by atoms with Gasteiger partial charge in [-0.1, -0.05) is 12.8 Å². The molecule has 0 aliphatic heterocycles. The Bertz CT molecular complexity index is 611. The van der Waals surface area contributed by atoms with Gasteiger partial charge >= 0.3 is 0 Å². The highest BCUT2D eigenvalue weighted by molar-refractivity contribution is 7.89. The second-order valence-electron chi connectivity index (χ2n) is 4.82. The van der Waals surface area contributed by atoms with Crippen LogP contribution in [-0.4, -0.2) is 26.9 Å². The molecule has 0 radical (unpaired) electrons. The molecule has 0 aromatic heterocycles.